The lowest BCUT2D eigenvalue weighted by molar-refractivity contribution is 0.552. The smallest absolute Gasteiger partial charge is 0.126 e. The maximum Gasteiger partial charge on any atom is 0.126 e. The number of nitrogens with zero attached hydrogens (tertiary/aromatic N) is 1. The molecule has 2 aromatic rings. The van der Waals surface area contributed by atoms with Gasteiger partial charge in [-0.2, -0.15) is 0 Å². The van der Waals surface area contributed by atoms with Gasteiger partial charge in [0.15, 0.2) is 0 Å². The normalized spacial score (nSPS) is 11.4. The Morgan fingerprint density at radius 2 is 1.80 bits per heavy atom. The van der Waals surface area contributed by atoms with Gasteiger partial charge in [0, 0.05) is 16.4 Å². The third-order valence-electron chi connectivity index (χ3n) is 3.36. The lowest BCUT2D eigenvalue weighted by Gasteiger charge is -2.26. The van der Waals surface area contributed by atoms with Gasteiger partial charge in [0.05, 0.1) is 5.69 Å². The number of anilines is 1. The van der Waals surface area contributed by atoms with Crippen LogP contribution in [0.25, 0.3) is 0 Å². The van der Waals surface area contributed by atoms with Crippen molar-refractivity contribution >= 4 is 21.7 Å². The average Bonchev–Trinajstić information content (AvgIpc) is 2.41. The van der Waals surface area contributed by atoms with E-state index in [9.17, 15) is 4.39 Å². The lowest BCUT2D eigenvalue weighted by Crippen LogP contribution is -2.28. The predicted molar refractivity (Wildman–Crippen MR) is 84.6 cm³/mol. The molecule has 2 nitrogen and oxygen atoms in total. The molecule has 0 bridgehead atoms. The molecule has 0 aliphatic rings. The molecule has 0 fully saturated rings. The molecule has 0 atom stereocenters. The Labute approximate surface area is 127 Å². The Morgan fingerprint density at radius 1 is 1.15 bits per heavy atom. The monoisotopic (exact) mass is 336 g/mol. The minimum absolute atomic E-state index is 0.101. The van der Waals surface area contributed by atoms with Crippen molar-refractivity contribution in [3.8, 4) is 0 Å². The van der Waals surface area contributed by atoms with Crippen LogP contribution < -0.4 is 5.32 Å². The van der Waals surface area contributed by atoms with Crippen LogP contribution in [0.1, 0.15) is 25.1 Å². The molecule has 0 unspecified atom stereocenters. The summed E-state index contributed by atoms with van der Waals surface area (Å²) < 4.78 is 14.0. The van der Waals surface area contributed by atoms with E-state index in [-0.39, 0.29) is 11.2 Å². The summed E-state index contributed by atoms with van der Waals surface area (Å²) in [6.45, 7) is 6.94. The van der Waals surface area contributed by atoms with E-state index in [0.29, 0.717) is 0 Å². The van der Waals surface area contributed by atoms with Crippen LogP contribution in [0, 0.1) is 12.7 Å². The lowest BCUT2D eigenvalue weighted by atomic mass is 9.84. The Bertz CT molecular complexity index is 594. The van der Waals surface area contributed by atoms with Crippen LogP contribution in [0.2, 0.25) is 0 Å². The van der Waals surface area contributed by atoms with E-state index < -0.39 is 0 Å². The summed E-state index contributed by atoms with van der Waals surface area (Å²) in [5.41, 5.74) is 1.95. The highest BCUT2D eigenvalue weighted by Gasteiger charge is 2.20. The third kappa shape index (κ3) is 3.57. The average molecular weight is 337 g/mol. The summed E-state index contributed by atoms with van der Waals surface area (Å²) in [7, 11) is 0. The minimum atomic E-state index is -0.206. The molecule has 1 N–H and O–H groups in total. The number of nitrogens with one attached hydrogen (secondary N) is 1. The summed E-state index contributed by atoms with van der Waals surface area (Å²) in [6.07, 6.45) is 0. The highest BCUT2D eigenvalue weighted by molar-refractivity contribution is 9.10. The molecular formula is C16H18BrFN2. The maximum absolute atomic E-state index is 13.0. The molecular weight excluding hydrogens is 319 g/mol. The van der Waals surface area contributed by atoms with Crippen molar-refractivity contribution in [1.82, 2.24) is 4.98 Å². The standard InChI is InChI=1S/C16H18BrFN2/c1-11-14(17)8-9-15(20-11)19-10-16(2,3)12-4-6-13(18)7-5-12/h4-9H,10H2,1-3H3,(H,19,20). The largest absolute Gasteiger partial charge is 0.369 e. The maximum atomic E-state index is 13.0. The van der Waals surface area contributed by atoms with Gasteiger partial charge in [0.1, 0.15) is 11.6 Å². The van der Waals surface area contributed by atoms with Crippen LogP contribution in [0.4, 0.5) is 10.2 Å². The molecule has 1 heterocycles. The first-order valence-corrected chi connectivity index (χ1v) is 7.31. The molecule has 20 heavy (non-hydrogen) atoms. The molecule has 0 saturated heterocycles. The Hall–Kier alpha value is -1.42. The number of hydrogen-bond donors (Lipinski definition) is 1. The molecule has 4 heteroatoms. The second kappa shape index (κ2) is 5.92. The van der Waals surface area contributed by atoms with E-state index in [1.807, 2.05) is 31.2 Å². The van der Waals surface area contributed by atoms with Crippen LogP contribution in [0.15, 0.2) is 40.9 Å². The number of rotatable bonds is 4. The van der Waals surface area contributed by atoms with Crippen molar-refractivity contribution in [3.05, 3.63) is 57.9 Å². The zero-order chi connectivity index (χ0) is 14.8. The molecule has 0 aliphatic heterocycles. The zero-order valence-electron chi connectivity index (χ0n) is 11.9. The molecule has 0 radical (unpaired) electrons. The zero-order valence-corrected chi connectivity index (χ0v) is 13.5. The summed E-state index contributed by atoms with van der Waals surface area (Å²) in [4.78, 5) is 4.47. The quantitative estimate of drug-likeness (QED) is 0.876. The minimum Gasteiger partial charge on any atom is -0.369 e. The highest BCUT2D eigenvalue weighted by atomic mass is 79.9. The first-order chi connectivity index (χ1) is 9.38. The van der Waals surface area contributed by atoms with Gasteiger partial charge in [-0.1, -0.05) is 26.0 Å². The predicted octanol–water partition coefficient (Wildman–Crippen LogP) is 4.68. The Kier molecular flexibility index (Phi) is 4.43. The number of benzene rings is 1. The van der Waals surface area contributed by atoms with Gasteiger partial charge in [-0.15, -0.1) is 0 Å². The van der Waals surface area contributed by atoms with Gasteiger partial charge in [-0.25, -0.2) is 9.37 Å². The van der Waals surface area contributed by atoms with Crippen molar-refractivity contribution in [2.75, 3.05) is 11.9 Å². The molecule has 0 aliphatic carbocycles. The molecule has 2 rings (SSSR count). The van der Waals surface area contributed by atoms with E-state index in [1.165, 1.54) is 12.1 Å². The molecule has 1 aromatic heterocycles. The fourth-order valence-corrected chi connectivity index (χ4v) is 2.18. The third-order valence-corrected chi connectivity index (χ3v) is 4.20. The van der Waals surface area contributed by atoms with Gasteiger partial charge < -0.3 is 5.32 Å². The second-order valence-corrected chi connectivity index (χ2v) is 6.36. The number of hydrogen-bond acceptors (Lipinski definition) is 2. The summed E-state index contributed by atoms with van der Waals surface area (Å²) in [5.74, 6) is 0.642. The fourth-order valence-electron chi connectivity index (χ4n) is 1.96. The molecule has 106 valence electrons. The highest BCUT2D eigenvalue weighted by Crippen LogP contribution is 2.24. The SMILES string of the molecule is Cc1nc(NCC(C)(C)c2ccc(F)cc2)ccc1Br. The van der Waals surface area contributed by atoms with Gasteiger partial charge in [-0.05, 0) is 52.7 Å². The molecule has 1 aromatic carbocycles. The summed E-state index contributed by atoms with van der Waals surface area (Å²) in [6, 6.07) is 10.6. The summed E-state index contributed by atoms with van der Waals surface area (Å²) in [5, 5.41) is 3.34. The van der Waals surface area contributed by atoms with Gasteiger partial charge in [0.2, 0.25) is 0 Å². The first kappa shape index (κ1) is 15.0. The molecule has 0 spiro atoms. The van der Waals surface area contributed by atoms with Crippen molar-refractivity contribution in [1.29, 1.82) is 0 Å². The number of aromatic nitrogens is 1. The molecule has 0 amide bonds. The van der Waals surface area contributed by atoms with Crippen LogP contribution in [0.5, 0.6) is 0 Å². The topological polar surface area (TPSA) is 24.9 Å². The van der Waals surface area contributed by atoms with Gasteiger partial charge in [0.25, 0.3) is 0 Å². The second-order valence-electron chi connectivity index (χ2n) is 5.51. The van der Waals surface area contributed by atoms with E-state index in [0.717, 1.165) is 28.1 Å². The van der Waals surface area contributed by atoms with Crippen LogP contribution in [-0.2, 0) is 5.41 Å². The van der Waals surface area contributed by atoms with Crippen LogP contribution in [-0.4, -0.2) is 11.5 Å². The van der Waals surface area contributed by atoms with Gasteiger partial charge in [-0.3, -0.25) is 0 Å². The van der Waals surface area contributed by atoms with Crippen molar-refractivity contribution in [2.24, 2.45) is 0 Å². The number of halogens is 2. The van der Waals surface area contributed by atoms with Gasteiger partial charge >= 0.3 is 0 Å². The Morgan fingerprint density at radius 3 is 2.40 bits per heavy atom. The number of aryl methyl sites for hydroxylation is 1. The van der Waals surface area contributed by atoms with E-state index in [1.54, 1.807) is 0 Å². The van der Waals surface area contributed by atoms with Crippen molar-refractivity contribution < 1.29 is 4.39 Å². The first-order valence-electron chi connectivity index (χ1n) is 6.51. The number of pyridine rings is 1. The van der Waals surface area contributed by atoms with Crippen molar-refractivity contribution in [2.45, 2.75) is 26.2 Å². The Balaban J connectivity index is 2.08. The van der Waals surface area contributed by atoms with E-state index >= 15 is 0 Å². The molecule has 0 saturated carbocycles. The van der Waals surface area contributed by atoms with E-state index in [2.05, 4.69) is 40.1 Å². The van der Waals surface area contributed by atoms with E-state index in [4.69, 9.17) is 0 Å². The van der Waals surface area contributed by atoms with Crippen LogP contribution in [0.3, 0.4) is 0 Å². The van der Waals surface area contributed by atoms with Crippen LogP contribution >= 0.6 is 15.9 Å². The fraction of sp³-hybridized carbons (Fsp3) is 0.312. The summed E-state index contributed by atoms with van der Waals surface area (Å²) >= 11 is 3.44. The van der Waals surface area contributed by atoms with Crippen molar-refractivity contribution in [3.63, 3.8) is 0 Å².